The fourth-order valence-corrected chi connectivity index (χ4v) is 2.89. The maximum Gasteiger partial charge on any atom is 0.343 e. The first kappa shape index (κ1) is 23.9. The third kappa shape index (κ3) is 6.39. The number of aryl methyl sites for hydroxylation is 1. The number of nitro benzene ring substituents is 1. The van der Waals surface area contributed by atoms with Crippen LogP contribution in [0.25, 0.3) is 0 Å². The van der Waals surface area contributed by atoms with E-state index in [9.17, 15) is 19.7 Å². The van der Waals surface area contributed by atoms with Crippen LogP contribution in [0.15, 0.2) is 71.8 Å². The van der Waals surface area contributed by atoms with E-state index in [0.29, 0.717) is 5.56 Å². The van der Waals surface area contributed by atoms with Gasteiger partial charge < -0.3 is 14.8 Å². The molecule has 2 N–H and O–H groups in total. The number of carbonyl (C=O) groups is 2. The van der Waals surface area contributed by atoms with Crippen LogP contribution in [-0.2, 0) is 4.79 Å². The van der Waals surface area contributed by atoms with Crippen LogP contribution in [0.5, 0.6) is 11.5 Å². The highest BCUT2D eigenvalue weighted by Crippen LogP contribution is 2.28. The molecule has 34 heavy (non-hydrogen) atoms. The van der Waals surface area contributed by atoms with Crippen LogP contribution in [0.1, 0.15) is 21.5 Å². The number of benzene rings is 3. The molecule has 0 spiro atoms. The molecule has 3 rings (SSSR count). The van der Waals surface area contributed by atoms with Crippen LogP contribution in [-0.4, -0.2) is 36.7 Å². The van der Waals surface area contributed by atoms with Gasteiger partial charge in [0.15, 0.2) is 11.5 Å². The highest BCUT2D eigenvalue weighted by Gasteiger charge is 2.14. The van der Waals surface area contributed by atoms with Gasteiger partial charge in [-0.3, -0.25) is 14.9 Å². The monoisotopic (exact) mass is 462 g/mol. The highest BCUT2D eigenvalue weighted by molar-refractivity contribution is 5.92. The molecule has 0 aliphatic heterocycles. The Morgan fingerprint density at radius 2 is 1.79 bits per heavy atom. The predicted octanol–water partition coefficient (Wildman–Crippen LogP) is 3.69. The Morgan fingerprint density at radius 1 is 1.06 bits per heavy atom. The number of carbonyl (C=O) groups excluding carboxylic acids is 2. The summed E-state index contributed by atoms with van der Waals surface area (Å²) in [6, 6.07) is 17.4. The van der Waals surface area contributed by atoms with Gasteiger partial charge in [0.2, 0.25) is 0 Å². The van der Waals surface area contributed by atoms with Crippen molar-refractivity contribution < 1.29 is 24.0 Å². The van der Waals surface area contributed by atoms with Crippen molar-refractivity contribution in [3.8, 4) is 11.5 Å². The lowest BCUT2D eigenvalue weighted by atomic mass is 10.2. The molecular formula is C24H22N4O6. The molecule has 0 saturated carbocycles. The average molecular weight is 462 g/mol. The molecule has 3 aromatic rings. The van der Waals surface area contributed by atoms with Crippen molar-refractivity contribution in [2.75, 3.05) is 19.0 Å². The van der Waals surface area contributed by atoms with Crippen LogP contribution in [0.4, 0.5) is 11.4 Å². The van der Waals surface area contributed by atoms with Gasteiger partial charge >= 0.3 is 5.97 Å². The second kappa shape index (κ2) is 11.2. The fraction of sp³-hybridized carbons (Fsp3) is 0.125. The minimum absolute atomic E-state index is 0.0586. The lowest BCUT2D eigenvalue weighted by molar-refractivity contribution is -0.384. The minimum atomic E-state index is -0.692. The van der Waals surface area contributed by atoms with Gasteiger partial charge in [0, 0.05) is 17.8 Å². The summed E-state index contributed by atoms with van der Waals surface area (Å²) in [4.78, 5) is 34.5. The quantitative estimate of drug-likeness (QED) is 0.163. The number of nitrogens with one attached hydrogen (secondary N) is 2. The topological polar surface area (TPSA) is 132 Å². The van der Waals surface area contributed by atoms with Crippen molar-refractivity contribution in [1.29, 1.82) is 0 Å². The molecule has 10 nitrogen and oxygen atoms in total. The lowest BCUT2D eigenvalue weighted by Gasteiger charge is -2.10. The Labute approximate surface area is 195 Å². The summed E-state index contributed by atoms with van der Waals surface area (Å²) in [6.07, 6.45) is 1.43. The van der Waals surface area contributed by atoms with Crippen molar-refractivity contribution in [3.05, 3.63) is 93.5 Å². The highest BCUT2D eigenvalue weighted by atomic mass is 16.6. The molecule has 0 aliphatic carbocycles. The Balaban J connectivity index is 1.58. The standard InChI is InChI=1S/C24H22N4O6/c1-16-5-3-4-6-20(16)25-15-23(29)27-26-14-17-7-12-21(22(13-17)33-2)34-24(30)18-8-10-19(11-9-18)28(31)32/h3-14,25H,15H2,1-2H3,(H,27,29). The molecule has 1 amide bonds. The van der Waals surface area contributed by atoms with Gasteiger partial charge in [0.1, 0.15) is 0 Å². The molecule has 0 fully saturated rings. The van der Waals surface area contributed by atoms with Crippen LogP contribution in [0, 0.1) is 17.0 Å². The average Bonchev–Trinajstić information content (AvgIpc) is 2.84. The summed E-state index contributed by atoms with van der Waals surface area (Å²) in [6.45, 7) is 2.00. The molecule has 0 bridgehead atoms. The van der Waals surface area contributed by atoms with Gasteiger partial charge in [-0.05, 0) is 54.4 Å². The summed E-state index contributed by atoms with van der Waals surface area (Å²) < 4.78 is 10.6. The van der Waals surface area contributed by atoms with E-state index < -0.39 is 10.9 Å². The smallest absolute Gasteiger partial charge is 0.343 e. The Bertz CT molecular complexity index is 1220. The summed E-state index contributed by atoms with van der Waals surface area (Å²) in [5, 5.41) is 17.7. The number of ether oxygens (including phenoxy) is 2. The summed E-state index contributed by atoms with van der Waals surface area (Å²) in [7, 11) is 1.42. The summed E-state index contributed by atoms with van der Waals surface area (Å²) >= 11 is 0. The largest absolute Gasteiger partial charge is 0.493 e. The molecular weight excluding hydrogens is 440 g/mol. The number of hydrogen-bond donors (Lipinski definition) is 2. The van der Waals surface area contributed by atoms with Crippen LogP contribution in [0.3, 0.4) is 0 Å². The second-order valence-corrected chi connectivity index (χ2v) is 7.07. The first-order valence-corrected chi connectivity index (χ1v) is 10.1. The number of nitrogens with zero attached hydrogens (tertiary/aromatic N) is 2. The Hall–Kier alpha value is -4.73. The number of amides is 1. The number of hydrogen-bond acceptors (Lipinski definition) is 8. The van der Waals surface area contributed by atoms with Gasteiger partial charge in [0.25, 0.3) is 11.6 Å². The van der Waals surface area contributed by atoms with E-state index in [4.69, 9.17) is 9.47 Å². The summed E-state index contributed by atoms with van der Waals surface area (Å²) in [5.41, 5.74) is 4.95. The summed E-state index contributed by atoms with van der Waals surface area (Å²) in [5.74, 6) is -0.579. The minimum Gasteiger partial charge on any atom is -0.493 e. The van der Waals surface area contributed by atoms with Gasteiger partial charge in [-0.2, -0.15) is 5.10 Å². The normalized spacial score (nSPS) is 10.5. The predicted molar refractivity (Wildman–Crippen MR) is 126 cm³/mol. The molecule has 0 aliphatic rings. The van der Waals surface area contributed by atoms with Crippen molar-refractivity contribution in [3.63, 3.8) is 0 Å². The van der Waals surface area contributed by atoms with Crippen molar-refractivity contribution in [2.24, 2.45) is 5.10 Å². The van der Waals surface area contributed by atoms with E-state index in [0.717, 1.165) is 11.3 Å². The van der Waals surface area contributed by atoms with Crippen LogP contribution >= 0.6 is 0 Å². The number of rotatable bonds is 9. The van der Waals surface area contributed by atoms with E-state index >= 15 is 0 Å². The first-order chi connectivity index (χ1) is 16.4. The molecule has 10 heteroatoms. The van der Waals surface area contributed by atoms with E-state index in [-0.39, 0.29) is 35.2 Å². The zero-order chi connectivity index (χ0) is 24.5. The molecule has 3 aromatic carbocycles. The van der Waals surface area contributed by atoms with Crippen LogP contribution < -0.4 is 20.2 Å². The first-order valence-electron chi connectivity index (χ1n) is 10.1. The molecule has 0 atom stereocenters. The van der Waals surface area contributed by atoms with Gasteiger partial charge in [-0.15, -0.1) is 0 Å². The number of esters is 1. The van der Waals surface area contributed by atoms with E-state index in [1.165, 1.54) is 43.7 Å². The van der Waals surface area contributed by atoms with Crippen molar-refractivity contribution in [1.82, 2.24) is 5.43 Å². The Kier molecular flexibility index (Phi) is 7.90. The van der Waals surface area contributed by atoms with E-state index in [1.807, 2.05) is 31.2 Å². The zero-order valence-corrected chi connectivity index (χ0v) is 18.5. The maximum absolute atomic E-state index is 12.4. The number of para-hydroxylation sites is 1. The maximum atomic E-state index is 12.4. The SMILES string of the molecule is COc1cc(C=NNC(=O)CNc2ccccc2C)ccc1OC(=O)c1ccc([N+](=O)[O-])cc1. The molecule has 174 valence electrons. The number of non-ortho nitro benzene ring substituents is 1. The lowest BCUT2D eigenvalue weighted by Crippen LogP contribution is -2.26. The molecule has 0 saturated heterocycles. The molecule has 0 heterocycles. The van der Waals surface area contributed by atoms with E-state index in [1.54, 1.807) is 12.1 Å². The third-order valence-corrected chi connectivity index (χ3v) is 4.69. The second-order valence-electron chi connectivity index (χ2n) is 7.07. The van der Waals surface area contributed by atoms with Crippen molar-refractivity contribution in [2.45, 2.75) is 6.92 Å². The number of methoxy groups -OCH3 is 1. The number of nitro groups is 1. The van der Waals surface area contributed by atoms with Crippen LogP contribution in [0.2, 0.25) is 0 Å². The number of anilines is 1. The third-order valence-electron chi connectivity index (χ3n) is 4.69. The molecule has 0 unspecified atom stereocenters. The van der Waals surface area contributed by atoms with Gasteiger partial charge in [-0.1, -0.05) is 18.2 Å². The molecule has 0 radical (unpaired) electrons. The fourth-order valence-electron chi connectivity index (χ4n) is 2.89. The van der Waals surface area contributed by atoms with E-state index in [2.05, 4.69) is 15.8 Å². The number of hydrazone groups is 1. The van der Waals surface area contributed by atoms with Gasteiger partial charge in [-0.25, -0.2) is 10.2 Å². The zero-order valence-electron chi connectivity index (χ0n) is 18.5. The molecule has 0 aromatic heterocycles. The Morgan fingerprint density at radius 3 is 2.47 bits per heavy atom. The van der Waals surface area contributed by atoms with Crippen molar-refractivity contribution >= 4 is 29.5 Å². The van der Waals surface area contributed by atoms with Gasteiger partial charge in [0.05, 0.1) is 30.4 Å².